The molecule has 0 spiro atoms. The van der Waals surface area contributed by atoms with Gasteiger partial charge >= 0.3 is 5.97 Å². The van der Waals surface area contributed by atoms with Gasteiger partial charge in [0.2, 0.25) is 0 Å². The molecule has 0 saturated heterocycles. The van der Waals surface area contributed by atoms with E-state index in [1.165, 1.54) is 0 Å². The molecule has 1 aromatic carbocycles. The Kier molecular flexibility index (Phi) is 4.61. The fraction of sp³-hybridized carbons (Fsp3) is 0.250. The Balaban J connectivity index is 1.80. The Hall–Kier alpha value is -2.67. The van der Waals surface area contributed by atoms with Crippen LogP contribution in [-0.4, -0.2) is 33.6 Å². The molecular formula is C16H14ClN3O4. The van der Waals surface area contributed by atoms with Crippen molar-refractivity contribution < 1.29 is 19.4 Å². The quantitative estimate of drug-likeness (QED) is 0.884. The molecular weight excluding hydrogens is 334 g/mol. The molecule has 3 rings (SSSR count). The summed E-state index contributed by atoms with van der Waals surface area (Å²) in [4.78, 5) is 30.7. The van der Waals surface area contributed by atoms with Crippen LogP contribution in [0.4, 0.5) is 0 Å². The smallest absolute Gasteiger partial charge is 0.356 e. The van der Waals surface area contributed by atoms with Crippen molar-refractivity contribution in [2.75, 3.05) is 6.61 Å². The minimum atomic E-state index is -1.19. The van der Waals surface area contributed by atoms with Crippen molar-refractivity contribution in [3.63, 3.8) is 0 Å². The van der Waals surface area contributed by atoms with Gasteiger partial charge < -0.3 is 15.2 Å². The number of aromatic nitrogens is 2. The number of nitrogens with one attached hydrogen (secondary N) is 1. The summed E-state index contributed by atoms with van der Waals surface area (Å²) in [5.74, 6) is -0.967. The zero-order valence-electron chi connectivity index (χ0n) is 12.5. The van der Waals surface area contributed by atoms with E-state index in [-0.39, 0.29) is 17.4 Å². The molecule has 1 amide bonds. The van der Waals surface area contributed by atoms with Gasteiger partial charge in [-0.05, 0) is 25.0 Å². The third kappa shape index (κ3) is 3.46. The van der Waals surface area contributed by atoms with E-state index in [0.29, 0.717) is 23.8 Å². The van der Waals surface area contributed by atoms with Gasteiger partial charge in [-0.3, -0.25) is 4.79 Å². The normalized spacial score (nSPS) is 16.5. The fourth-order valence-corrected chi connectivity index (χ4v) is 2.65. The second kappa shape index (κ2) is 6.84. The molecule has 1 aromatic heterocycles. The summed E-state index contributed by atoms with van der Waals surface area (Å²) in [6.45, 7) is 0.548. The fourth-order valence-electron chi connectivity index (χ4n) is 2.48. The molecule has 124 valence electrons. The highest BCUT2D eigenvalue weighted by molar-refractivity contribution is 6.30. The van der Waals surface area contributed by atoms with Gasteiger partial charge in [-0.1, -0.05) is 17.7 Å². The molecule has 8 heteroatoms. The van der Waals surface area contributed by atoms with Gasteiger partial charge in [0.1, 0.15) is 11.4 Å². The lowest BCUT2D eigenvalue weighted by atomic mass is 10.0. The SMILES string of the molecule is O=C(O)c1cnc(C(=O)NC2CCCOc3cc(Cl)ccc32)cn1. The van der Waals surface area contributed by atoms with E-state index < -0.39 is 11.9 Å². The van der Waals surface area contributed by atoms with Crippen LogP contribution < -0.4 is 10.1 Å². The van der Waals surface area contributed by atoms with E-state index in [4.69, 9.17) is 21.4 Å². The maximum absolute atomic E-state index is 12.4. The standard InChI is InChI=1S/C16H14ClN3O4/c17-9-3-4-10-11(2-1-5-24-14(10)6-9)20-15(21)12-7-19-13(8-18-12)16(22)23/h3-4,6-8,11H,1-2,5H2,(H,20,21)(H,22,23). The van der Waals surface area contributed by atoms with Gasteiger partial charge in [0.15, 0.2) is 5.69 Å². The Bertz CT molecular complexity index is 779. The molecule has 1 atom stereocenters. The van der Waals surface area contributed by atoms with E-state index >= 15 is 0 Å². The molecule has 1 unspecified atom stereocenters. The molecule has 2 heterocycles. The van der Waals surface area contributed by atoms with Crippen molar-refractivity contribution in [2.45, 2.75) is 18.9 Å². The number of hydrogen-bond donors (Lipinski definition) is 2. The van der Waals surface area contributed by atoms with E-state index in [9.17, 15) is 9.59 Å². The Morgan fingerprint density at radius 1 is 1.25 bits per heavy atom. The summed E-state index contributed by atoms with van der Waals surface area (Å²) >= 11 is 5.99. The minimum absolute atomic E-state index is 0.0562. The molecule has 24 heavy (non-hydrogen) atoms. The van der Waals surface area contributed by atoms with Crippen LogP contribution in [0.25, 0.3) is 0 Å². The highest BCUT2D eigenvalue weighted by Crippen LogP contribution is 2.33. The lowest BCUT2D eigenvalue weighted by molar-refractivity contribution is 0.0689. The summed E-state index contributed by atoms with van der Waals surface area (Å²) in [5.41, 5.74) is 0.690. The first kappa shape index (κ1) is 16.2. The third-order valence-corrected chi connectivity index (χ3v) is 3.89. The zero-order chi connectivity index (χ0) is 17.1. The Morgan fingerprint density at radius 2 is 2.00 bits per heavy atom. The van der Waals surface area contributed by atoms with E-state index in [1.807, 2.05) is 6.07 Å². The number of nitrogens with zero attached hydrogens (tertiary/aromatic N) is 2. The molecule has 0 bridgehead atoms. The highest BCUT2D eigenvalue weighted by Gasteiger charge is 2.23. The first-order valence-electron chi connectivity index (χ1n) is 7.33. The van der Waals surface area contributed by atoms with Crippen molar-refractivity contribution in [2.24, 2.45) is 0 Å². The van der Waals surface area contributed by atoms with Crippen LogP contribution in [0.1, 0.15) is 45.4 Å². The number of halogens is 1. The number of amides is 1. The summed E-state index contributed by atoms with van der Waals surface area (Å²) in [6.07, 6.45) is 3.69. The third-order valence-electron chi connectivity index (χ3n) is 3.65. The number of benzene rings is 1. The molecule has 0 saturated carbocycles. The van der Waals surface area contributed by atoms with E-state index in [1.54, 1.807) is 12.1 Å². The number of aromatic carboxylic acids is 1. The van der Waals surface area contributed by atoms with Crippen molar-refractivity contribution in [3.05, 3.63) is 52.6 Å². The first-order valence-corrected chi connectivity index (χ1v) is 7.71. The molecule has 1 aliphatic rings. The summed E-state index contributed by atoms with van der Waals surface area (Å²) in [5, 5.41) is 12.3. The first-order chi connectivity index (χ1) is 11.5. The molecule has 1 aliphatic heterocycles. The number of hydrogen-bond acceptors (Lipinski definition) is 5. The van der Waals surface area contributed by atoms with Crippen LogP contribution in [0.3, 0.4) is 0 Å². The Morgan fingerprint density at radius 3 is 2.71 bits per heavy atom. The number of fused-ring (bicyclic) bond motifs is 1. The largest absolute Gasteiger partial charge is 0.493 e. The average Bonchev–Trinajstić information content (AvgIpc) is 2.76. The average molecular weight is 348 g/mol. The van der Waals surface area contributed by atoms with Crippen molar-refractivity contribution in [1.82, 2.24) is 15.3 Å². The van der Waals surface area contributed by atoms with Gasteiger partial charge in [-0.25, -0.2) is 14.8 Å². The lowest BCUT2D eigenvalue weighted by Crippen LogP contribution is -2.29. The van der Waals surface area contributed by atoms with Gasteiger partial charge in [-0.2, -0.15) is 0 Å². The molecule has 0 fully saturated rings. The van der Waals surface area contributed by atoms with E-state index in [2.05, 4.69) is 15.3 Å². The van der Waals surface area contributed by atoms with Gasteiger partial charge in [-0.15, -0.1) is 0 Å². The monoisotopic (exact) mass is 347 g/mol. The topological polar surface area (TPSA) is 101 Å². The summed E-state index contributed by atoms with van der Waals surface area (Å²) < 4.78 is 5.66. The van der Waals surface area contributed by atoms with Gasteiger partial charge in [0.05, 0.1) is 25.0 Å². The van der Waals surface area contributed by atoms with Crippen molar-refractivity contribution in [1.29, 1.82) is 0 Å². The molecule has 7 nitrogen and oxygen atoms in total. The minimum Gasteiger partial charge on any atom is -0.493 e. The zero-order valence-corrected chi connectivity index (χ0v) is 13.3. The number of carbonyl (C=O) groups excluding carboxylic acids is 1. The van der Waals surface area contributed by atoms with Gasteiger partial charge in [0.25, 0.3) is 5.91 Å². The van der Waals surface area contributed by atoms with Crippen LogP contribution in [-0.2, 0) is 0 Å². The lowest BCUT2D eigenvalue weighted by Gasteiger charge is -2.18. The predicted molar refractivity (Wildman–Crippen MR) is 85.4 cm³/mol. The second-order valence-electron chi connectivity index (χ2n) is 5.29. The van der Waals surface area contributed by atoms with Crippen LogP contribution in [0, 0.1) is 0 Å². The van der Waals surface area contributed by atoms with Crippen molar-refractivity contribution >= 4 is 23.5 Å². The molecule has 0 radical (unpaired) electrons. The van der Waals surface area contributed by atoms with Crippen LogP contribution in [0.5, 0.6) is 5.75 Å². The second-order valence-corrected chi connectivity index (χ2v) is 5.73. The predicted octanol–water partition coefficient (Wildman–Crippen LogP) is 2.47. The van der Waals surface area contributed by atoms with Crippen LogP contribution in [0.15, 0.2) is 30.6 Å². The summed E-state index contributed by atoms with van der Waals surface area (Å²) in [6, 6.07) is 5.05. The van der Waals surface area contributed by atoms with Gasteiger partial charge in [0, 0.05) is 10.6 Å². The number of ether oxygens (including phenoxy) is 1. The maximum atomic E-state index is 12.4. The van der Waals surface area contributed by atoms with E-state index in [0.717, 1.165) is 24.4 Å². The number of rotatable bonds is 3. The summed E-state index contributed by atoms with van der Waals surface area (Å²) in [7, 11) is 0. The number of carboxylic acid groups (broad SMARTS) is 1. The van der Waals surface area contributed by atoms with Crippen LogP contribution in [0.2, 0.25) is 5.02 Å². The Labute approximate surface area is 142 Å². The maximum Gasteiger partial charge on any atom is 0.356 e. The molecule has 2 aromatic rings. The molecule has 2 N–H and O–H groups in total. The number of carboxylic acids is 1. The molecule has 0 aliphatic carbocycles. The van der Waals surface area contributed by atoms with Crippen LogP contribution >= 0.6 is 11.6 Å². The highest BCUT2D eigenvalue weighted by atomic mass is 35.5. The number of carbonyl (C=O) groups is 2. The van der Waals surface area contributed by atoms with Crippen molar-refractivity contribution in [3.8, 4) is 5.75 Å².